The summed E-state index contributed by atoms with van der Waals surface area (Å²) in [5, 5.41) is 8.30. The minimum absolute atomic E-state index is 0.450. The van der Waals surface area contributed by atoms with Crippen LogP contribution in [-0.4, -0.2) is 41.9 Å². The summed E-state index contributed by atoms with van der Waals surface area (Å²) in [6.45, 7) is 7.56. The highest BCUT2D eigenvalue weighted by molar-refractivity contribution is 5.19. The minimum atomic E-state index is 0.450. The lowest BCUT2D eigenvalue weighted by atomic mass is 10.2. The van der Waals surface area contributed by atoms with Gasteiger partial charge in [0.2, 0.25) is 0 Å². The molecule has 1 fully saturated rings. The van der Waals surface area contributed by atoms with E-state index in [4.69, 9.17) is 5.10 Å². The molecule has 0 aromatic carbocycles. The molecule has 1 aliphatic carbocycles. The highest BCUT2D eigenvalue weighted by Crippen LogP contribution is 2.39. The third-order valence-electron chi connectivity index (χ3n) is 3.58. The lowest BCUT2D eigenvalue weighted by molar-refractivity contribution is 0.392. The molecule has 108 valence electrons. The van der Waals surface area contributed by atoms with Gasteiger partial charge in [-0.2, -0.15) is 5.10 Å². The minimum Gasteiger partial charge on any atom is -0.311 e. The Bertz CT molecular complexity index is 391. The predicted octanol–water partition coefficient (Wildman–Crippen LogP) is 2.38. The fraction of sp³-hybridized carbons (Fsp3) is 0.800. The van der Waals surface area contributed by atoms with Crippen LogP contribution in [0.1, 0.15) is 56.5 Å². The first-order chi connectivity index (χ1) is 9.08. The number of hydrogen-bond donors (Lipinski definition) is 1. The molecule has 1 heterocycles. The van der Waals surface area contributed by atoms with Crippen LogP contribution < -0.4 is 5.32 Å². The molecule has 1 aromatic rings. The number of nitrogens with one attached hydrogen (secondary N) is 1. The second-order valence-electron chi connectivity index (χ2n) is 6.21. The van der Waals surface area contributed by atoms with E-state index in [0.29, 0.717) is 6.04 Å². The molecule has 4 nitrogen and oxygen atoms in total. The molecule has 0 atom stereocenters. The Labute approximate surface area is 117 Å². The first kappa shape index (κ1) is 14.5. The first-order valence-electron chi connectivity index (χ1n) is 7.51. The van der Waals surface area contributed by atoms with E-state index in [0.717, 1.165) is 25.6 Å². The van der Waals surface area contributed by atoms with Gasteiger partial charge in [-0.15, -0.1) is 0 Å². The molecule has 1 N–H and O–H groups in total. The van der Waals surface area contributed by atoms with Crippen molar-refractivity contribution in [1.82, 2.24) is 20.0 Å². The van der Waals surface area contributed by atoms with E-state index in [-0.39, 0.29) is 0 Å². The Balaban J connectivity index is 1.84. The normalized spacial score (nSPS) is 15.7. The fourth-order valence-corrected chi connectivity index (χ4v) is 2.35. The standard InChI is InChI=1S/C15H28N4/c1-12(2)19-14(10-15(17-19)13-6-7-13)11-16-8-5-9-18(3)4/h10,12-13,16H,5-9,11H2,1-4H3. The summed E-state index contributed by atoms with van der Waals surface area (Å²) in [5.41, 5.74) is 2.64. The maximum Gasteiger partial charge on any atom is 0.0659 e. The van der Waals surface area contributed by atoms with Gasteiger partial charge in [0, 0.05) is 18.5 Å². The molecule has 1 aromatic heterocycles. The fourth-order valence-electron chi connectivity index (χ4n) is 2.35. The average molecular weight is 264 g/mol. The van der Waals surface area contributed by atoms with Crippen LogP contribution in [0.4, 0.5) is 0 Å². The number of rotatable bonds is 8. The van der Waals surface area contributed by atoms with Crippen LogP contribution in [0, 0.1) is 0 Å². The Morgan fingerprint density at radius 2 is 2.16 bits per heavy atom. The monoisotopic (exact) mass is 264 g/mol. The van der Waals surface area contributed by atoms with Crippen molar-refractivity contribution in [3.63, 3.8) is 0 Å². The average Bonchev–Trinajstić information content (AvgIpc) is 3.09. The second kappa shape index (κ2) is 6.53. The Hall–Kier alpha value is -0.870. The zero-order chi connectivity index (χ0) is 13.8. The first-order valence-corrected chi connectivity index (χ1v) is 7.51. The molecule has 19 heavy (non-hydrogen) atoms. The maximum atomic E-state index is 4.77. The van der Waals surface area contributed by atoms with Gasteiger partial charge in [0.25, 0.3) is 0 Å². The molecule has 0 amide bonds. The third-order valence-corrected chi connectivity index (χ3v) is 3.58. The Morgan fingerprint density at radius 3 is 2.74 bits per heavy atom. The van der Waals surface area contributed by atoms with Crippen molar-refractivity contribution in [2.24, 2.45) is 0 Å². The Morgan fingerprint density at radius 1 is 1.42 bits per heavy atom. The van der Waals surface area contributed by atoms with Gasteiger partial charge in [-0.05, 0) is 66.4 Å². The smallest absolute Gasteiger partial charge is 0.0659 e. The quantitative estimate of drug-likeness (QED) is 0.732. The molecule has 0 bridgehead atoms. The molecular weight excluding hydrogens is 236 g/mol. The predicted molar refractivity (Wildman–Crippen MR) is 79.5 cm³/mol. The molecule has 1 aliphatic rings. The number of nitrogens with zero attached hydrogens (tertiary/aromatic N) is 3. The summed E-state index contributed by atoms with van der Waals surface area (Å²) < 4.78 is 2.19. The van der Waals surface area contributed by atoms with E-state index in [1.165, 1.54) is 30.7 Å². The largest absolute Gasteiger partial charge is 0.311 e. The molecule has 2 rings (SSSR count). The molecule has 0 radical (unpaired) electrons. The van der Waals surface area contributed by atoms with Crippen LogP contribution in [0.2, 0.25) is 0 Å². The van der Waals surface area contributed by atoms with Crippen LogP contribution in [0.5, 0.6) is 0 Å². The van der Waals surface area contributed by atoms with Crippen molar-refractivity contribution in [3.8, 4) is 0 Å². The molecule has 0 aliphatic heterocycles. The van der Waals surface area contributed by atoms with Crippen LogP contribution in [-0.2, 0) is 6.54 Å². The molecule has 4 heteroatoms. The van der Waals surface area contributed by atoms with Gasteiger partial charge in [-0.3, -0.25) is 4.68 Å². The van der Waals surface area contributed by atoms with E-state index in [1.807, 2.05) is 0 Å². The third kappa shape index (κ3) is 4.32. The van der Waals surface area contributed by atoms with Crippen molar-refractivity contribution < 1.29 is 0 Å². The van der Waals surface area contributed by atoms with E-state index in [9.17, 15) is 0 Å². The van der Waals surface area contributed by atoms with Crippen LogP contribution in [0.15, 0.2) is 6.07 Å². The second-order valence-corrected chi connectivity index (χ2v) is 6.21. The van der Waals surface area contributed by atoms with Crippen molar-refractivity contribution in [3.05, 3.63) is 17.5 Å². The highest BCUT2D eigenvalue weighted by atomic mass is 15.3. The van der Waals surface area contributed by atoms with Crippen LogP contribution >= 0.6 is 0 Å². The summed E-state index contributed by atoms with van der Waals surface area (Å²) in [6, 6.07) is 2.75. The van der Waals surface area contributed by atoms with Crippen LogP contribution in [0.3, 0.4) is 0 Å². The molecule has 1 saturated carbocycles. The van der Waals surface area contributed by atoms with Crippen molar-refractivity contribution >= 4 is 0 Å². The number of aromatic nitrogens is 2. The lowest BCUT2D eigenvalue weighted by Crippen LogP contribution is -2.22. The summed E-state index contributed by atoms with van der Waals surface area (Å²) in [7, 11) is 4.24. The van der Waals surface area contributed by atoms with E-state index in [2.05, 4.69) is 48.9 Å². The van der Waals surface area contributed by atoms with Crippen molar-refractivity contribution in [1.29, 1.82) is 0 Å². The molecular formula is C15H28N4. The molecule has 0 unspecified atom stereocenters. The summed E-state index contributed by atoms with van der Waals surface area (Å²) in [4.78, 5) is 2.23. The van der Waals surface area contributed by atoms with Gasteiger partial charge in [-0.1, -0.05) is 0 Å². The van der Waals surface area contributed by atoms with Gasteiger partial charge in [-0.25, -0.2) is 0 Å². The highest BCUT2D eigenvalue weighted by Gasteiger charge is 2.27. The van der Waals surface area contributed by atoms with Gasteiger partial charge in [0.15, 0.2) is 0 Å². The Kier molecular flexibility index (Phi) is 4.99. The van der Waals surface area contributed by atoms with E-state index >= 15 is 0 Å². The summed E-state index contributed by atoms with van der Waals surface area (Å²) in [6.07, 6.45) is 3.84. The maximum absolute atomic E-state index is 4.77. The zero-order valence-corrected chi connectivity index (χ0v) is 12.8. The summed E-state index contributed by atoms with van der Waals surface area (Å²) >= 11 is 0. The van der Waals surface area contributed by atoms with Crippen molar-refractivity contribution in [2.75, 3.05) is 27.2 Å². The van der Waals surface area contributed by atoms with Gasteiger partial charge < -0.3 is 10.2 Å². The van der Waals surface area contributed by atoms with Gasteiger partial charge in [0.1, 0.15) is 0 Å². The van der Waals surface area contributed by atoms with Crippen LogP contribution in [0.25, 0.3) is 0 Å². The summed E-state index contributed by atoms with van der Waals surface area (Å²) in [5.74, 6) is 0.743. The molecule has 0 spiro atoms. The SMILES string of the molecule is CC(C)n1nc(C2CC2)cc1CNCCCN(C)C. The zero-order valence-electron chi connectivity index (χ0n) is 12.8. The molecule has 0 saturated heterocycles. The topological polar surface area (TPSA) is 33.1 Å². The van der Waals surface area contributed by atoms with Gasteiger partial charge in [0.05, 0.1) is 11.4 Å². The van der Waals surface area contributed by atoms with Crippen molar-refractivity contribution in [2.45, 2.75) is 51.6 Å². The van der Waals surface area contributed by atoms with E-state index in [1.54, 1.807) is 0 Å². The van der Waals surface area contributed by atoms with E-state index < -0.39 is 0 Å². The van der Waals surface area contributed by atoms with Gasteiger partial charge >= 0.3 is 0 Å². The number of hydrogen-bond acceptors (Lipinski definition) is 3. The lowest BCUT2D eigenvalue weighted by Gasteiger charge is -2.12.